The molecule has 0 aliphatic carbocycles. The standard InChI is InChI=1S/C23H21N5O2/c1-23(2,29)22-24-11-14(12-25-22)15-8-9-16-20(26-15)28-19(13-6-4-3-5-7-13)17-10-18(30-17)21(28)27-16/h3-9,11-12,17-19,29H,10H2,1-2H3/t17-,18+,19-/m0/s1. The third-order valence-electron chi connectivity index (χ3n) is 5.90. The number of ether oxygens (including phenoxy) is 1. The van der Waals surface area contributed by atoms with Crippen LogP contribution in [0.3, 0.4) is 0 Å². The molecule has 2 bridgehead atoms. The molecule has 1 aromatic carbocycles. The van der Waals surface area contributed by atoms with Gasteiger partial charge < -0.3 is 14.4 Å². The lowest BCUT2D eigenvalue weighted by atomic mass is 9.88. The Hall–Kier alpha value is -3.16. The van der Waals surface area contributed by atoms with Crippen LogP contribution in [0.4, 0.5) is 0 Å². The van der Waals surface area contributed by atoms with Gasteiger partial charge in [0.1, 0.15) is 23.0 Å². The molecular weight excluding hydrogens is 378 g/mol. The minimum absolute atomic E-state index is 0.0435. The van der Waals surface area contributed by atoms with Crippen molar-refractivity contribution in [1.82, 2.24) is 24.5 Å². The highest BCUT2D eigenvalue weighted by atomic mass is 16.5. The summed E-state index contributed by atoms with van der Waals surface area (Å²) in [7, 11) is 0. The van der Waals surface area contributed by atoms with Gasteiger partial charge in [0, 0.05) is 24.4 Å². The first-order valence-corrected chi connectivity index (χ1v) is 10.1. The van der Waals surface area contributed by atoms with Gasteiger partial charge in [-0.05, 0) is 31.5 Å². The fourth-order valence-electron chi connectivity index (χ4n) is 4.39. The van der Waals surface area contributed by atoms with Crippen molar-refractivity contribution in [3.05, 3.63) is 72.1 Å². The topological polar surface area (TPSA) is 86.0 Å². The fourth-order valence-corrected chi connectivity index (χ4v) is 4.39. The molecule has 1 saturated heterocycles. The van der Waals surface area contributed by atoms with E-state index >= 15 is 0 Å². The molecule has 150 valence electrons. The van der Waals surface area contributed by atoms with Crippen molar-refractivity contribution >= 4 is 11.2 Å². The molecule has 7 heteroatoms. The molecule has 30 heavy (non-hydrogen) atoms. The lowest BCUT2D eigenvalue weighted by Crippen LogP contribution is -2.46. The smallest absolute Gasteiger partial charge is 0.161 e. The van der Waals surface area contributed by atoms with E-state index in [1.54, 1.807) is 26.2 Å². The number of aromatic nitrogens is 5. The summed E-state index contributed by atoms with van der Waals surface area (Å²) >= 11 is 0. The maximum absolute atomic E-state index is 10.1. The highest BCUT2D eigenvalue weighted by Crippen LogP contribution is 2.49. The zero-order valence-electron chi connectivity index (χ0n) is 16.7. The molecule has 3 aliphatic heterocycles. The number of aliphatic hydroxyl groups is 1. The van der Waals surface area contributed by atoms with E-state index in [1.807, 2.05) is 18.2 Å². The Morgan fingerprint density at radius 3 is 2.47 bits per heavy atom. The van der Waals surface area contributed by atoms with Gasteiger partial charge in [-0.15, -0.1) is 0 Å². The van der Waals surface area contributed by atoms with Crippen molar-refractivity contribution in [3.63, 3.8) is 0 Å². The van der Waals surface area contributed by atoms with Gasteiger partial charge in [0.25, 0.3) is 0 Å². The molecule has 0 radical (unpaired) electrons. The Balaban J connectivity index is 1.48. The normalized spacial score (nSPS) is 22.6. The van der Waals surface area contributed by atoms with E-state index in [9.17, 15) is 5.11 Å². The van der Waals surface area contributed by atoms with Crippen LogP contribution in [0.1, 0.15) is 49.6 Å². The van der Waals surface area contributed by atoms with Crippen molar-refractivity contribution in [3.8, 4) is 11.3 Å². The molecule has 0 unspecified atom stereocenters. The molecule has 6 heterocycles. The summed E-state index contributed by atoms with van der Waals surface area (Å²) in [5.74, 6) is 1.33. The van der Waals surface area contributed by atoms with Crippen molar-refractivity contribution in [2.45, 2.75) is 44.1 Å². The highest BCUT2D eigenvalue weighted by Gasteiger charge is 2.48. The Bertz CT molecular complexity index is 1240. The molecule has 4 aromatic rings. The van der Waals surface area contributed by atoms with Crippen LogP contribution in [0.2, 0.25) is 0 Å². The van der Waals surface area contributed by atoms with E-state index in [4.69, 9.17) is 14.7 Å². The molecule has 1 N–H and O–H groups in total. The van der Waals surface area contributed by atoms with Crippen LogP contribution in [0, 0.1) is 0 Å². The number of nitrogens with zero attached hydrogens (tertiary/aromatic N) is 5. The molecule has 3 atom stereocenters. The summed E-state index contributed by atoms with van der Waals surface area (Å²) < 4.78 is 8.34. The van der Waals surface area contributed by atoms with Gasteiger partial charge in [-0.1, -0.05) is 30.3 Å². The van der Waals surface area contributed by atoms with Crippen molar-refractivity contribution in [2.75, 3.05) is 0 Å². The van der Waals surface area contributed by atoms with E-state index < -0.39 is 5.60 Å². The van der Waals surface area contributed by atoms with Crippen LogP contribution in [-0.2, 0) is 10.3 Å². The zero-order chi connectivity index (χ0) is 20.5. The lowest BCUT2D eigenvalue weighted by Gasteiger charge is -2.47. The largest absolute Gasteiger partial charge is 0.382 e. The fraction of sp³-hybridized carbons (Fsp3) is 0.304. The van der Waals surface area contributed by atoms with Crippen molar-refractivity contribution < 1.29 is 9.84 Å². The number of rotatable bonds is 3. The highest BCUT2D eigenvalue weighted by molar-refractivity contribution is 5.76. The van der Waals surface area contributed by atoms with Gasteiger partial charge in [0.15, 0.2) is 11.5 Å². The minimum atomic E-state index is -1.08. The number of fused-ring (bicyclic) bond motifs is 1. The van der Waals surface area contributed by atoms with Gasteiger partial charge in [0.05, 0.1) is 17.8 Å². The zero-order valence-corrected chi connectivity index (χ0v) is 16.7. The van der Waals surface area contributed by atoms with Gasteiger partial charge in [0.2, 0.25) is 0 Å². The van der Waals surface area contributed by atoms with Crippen molar-refractivity contribution in [1.29, 1.82) is 0 Å². The third-order valence-corrected chi connectivity index (χ3v) is 5.90. The van der Waals surface area contributed by atoms with Crippen LogP contribution in [-0.4, -0.2) is 35.7 Å². The van der Waals surface area contributed by atoms with Gasteiger partial charge >= 0.3 is 0 Å². The van der Waals surface area contributed by atoms with Gasteiger partial charge in [-0.25, -0.2) is 19.9 Å². The number of imidazole rings is 1. The SMILES string of the molecule is CC(C)(O)c1ncc(-c2ccc3nc4n(c3n2)[C@@H](c2ccccc2)[C@@H]2C[C@H]4O2)cn1. The van der Waals surface area contributed by atoms with E-state index in [0.29, 0.717) is 5.82 Å². The Morgan fingerprint density at radius 2 is 1.77 bits per heavy atom. The van der Waals surface area contributed by atoms with Gasteiger partial charge in [-0.2, -0.15) is 0 Å². The first-order valence-electron chi connectivity index (χ1n) is 10.1. The van der Waals surface area contributed by atoms with E-state index in [0.717, 1.165) is 34.7 Å². The maximum atomic E-state index is 10.1. The van der Waals surface area contributed by atoms with E-state index in [-0.39, 0.29) is 18.2 Å². The average Bonchev–Trinajstić information content (AvgIpc) is 3.11. The summed E-state index contributed by atoms with van der Waals surface area (Å²) in [6, 6.07) is 14.4. The van der Waals surface area contributed by atoms with Crippen molar-refractivity contribution in [2.24, 2.45) is 0 Å². The van der Waals surface area contributed by atoms with Crippen LogP contribution >= 0.6 is 0 Å². The predicted octanol–water partition coefficient (Wildman–Crippen LogP) is 3.55. The average molecular weight is 399 g/mol. The Kier molecular flexibility index (Phi) is 3.63. The molecule has 1 fully saturated rings. The molecule has 0 saturated carbocycles. The monoisotopic (exact) mass is 399 g/mol. The molecular formula is C23H21N5O2. The maximum Gasteiger partial charge on any atom is 0.161 e. The summed E-state index contributed by atoms with van der Waals surface area (Å²) in [4.78, 5) is 18.4. The summed E-state index contributed by atoms with van der Waals surface area (Å²) in [6.45, 7) is 3.34. The Morgan fingerprint density at radius 1 is 1.03 bits per heavy atom. The summed E-state index contributed by atoms with van der Waals surface area (Å²) in [5, 5.41) is 10.1. The predicted molar refractivity (Wildman–Crippen MR) is 111 cm³/mol. The molecule has 0 spiro atoms. The molecule has 7 nitrogen and oxygen atoms in total. The lowest BCUT2D eigenvalue weighted by molar-refractivity contribution is -0.168. The number of pyridine rings is 1. The van der Waals surface area contributed by atoms with Crippen LogP contribution < -0.4 is 0 Å². The van der Waals surface area contributed by atoms with E-state index in [2.05, 4.69) is 38.8 Å². The van der Waals surface area contributed by atoms with Crippen LogP contribution in [0.15, 0.2) is 54.9 Å². The van der Waals surface area contributed by atoms with E-state index in [1.165, 1.54) is 5.56 Å². The molecule has 3 aromatic heterocycles. The Labute approximate surface area is 173 Å². The molecule has 7 rings (SSSR count). The minimum Gasteiger partial charge on any atom is -0.382 e. The van der Waals surface area contributed by atoms with Crippen LogP contribution in [0.5, 0.6) is 0 Å². The second kappa shape index (κ2) is 6.17. The number of hydrogen-bond acceptors (Lipinski definition) is 6. The summed E-state index contributed by atoms with van der Waals surface area (Å²) in [6.07, 6.45) is 4.58. The second-order valence-electron chi connectivity index (χ2n) is 8.49. The first kappa shape index (κ1) is 17.7. The first-order chi connectivity index (χ1) is 14.5. The second-order valence-corrected chi connectivity index (χ2v) is 8.49. The van der Waals surface area contributed by atoms with Crippen LogP contribution in [0.25, 0.3) is 22.4 Å². The number of benzene rings is 1. The molecule has 3 aliphatic rings. The quantitative estimate of drug-likeness (QED) is 0.567. The number of hydrogen-bond donors (Lipinski definition) is 1. The third kappa shape index (κ3) is 2.59. The van der Waals surface area contributed by atoms with Gasteiger partial charge in [-0.3, -0.25) is 0 Å². The summed E-state index contributed by atoms with van der Waals surface area (Å²) in [5.41, 5.74) is 3.41. The molecule has 0 amide bonds.